The molecular formula is C13H16Cl2N2O. The van der Waals surface area contributed by atoms with Crippen molar-refractivity contribution >= 4 is 34.8 Å². The van der Waals surface area contributed by atoms with Crippen LogP contribution in [0.1, 0.15) is 19.3 Å². The standard InChI is InChI=1S/C13H16Cl2N2O/c1-17-6-2-3-10(17)8-13(18)16-12-7-9(14)4-5-11(12)15/h4-5,7,10H,2-3,6,8H2,1H3,(H,16,18). The Hall–Kier alpha value is -0.770. The first-order chi connectivity index (χ1) is 8.56. The van der Waals surface area contributed by atoms with Crippen LogP contribution in [0, 0.1) is 0 Å². The highest BCUT2D eigenvalue weighted by Crippen LogP contribution is 2.26. The largest absolute Gasteiger partial charge is 0.325 e. The van der Waals surface area contributed by atoms with Crippen molar-refractivity contribution in [3.8, 4) is 0 Å². The molecule has 1 atom stereocenters. The lowest BCUT2D eigenvalue weighted by atomic mass is 10.1. The number of hydrogen-bond donors (Lipinski definition) is 1. The van der Waals surface area contributed by atoms with E-state index in [4.69, 9.17) is 23.2 Å². The molecule has 0 radical (unpaired) electrons. The van der Waals surface area contributed by atoms with Gasteiger partial charge in [-0.05, 0) is 44.6 Å². The predicted molar refractivity (Wildman–Crippen MR) is 75.4 cm³/mol. The van der Waals surface area contributed by atoms with Crippen LogP contribution >= 0.6 is 23.2 Å². The molecule has 0 aliphatic carbocycles. The number of carbonyl (C=O) groups is 1. The van der Waals surface area contributed by atoms with Gasteiger partial charge in [-0.3, -0.25) is 4.79 Å². The highest BCUT2D eigenvalue weighted by Gasteiger charge is 2.23. The minimum absolute atomic E-state index is 0.0158. The van der Waals surface area contributed by atoms with Crippen molar-refractivity contribution in [2.45, 2.75) is 25.3 Å². The lowest BCUT2D eigenvalue weighted by Gasteiger charge is -2.18. The Labute approximate surface area is 117 Å². The van der Waals surface area contributed by atoms with E-state index in [2.05, 4.69) is 17.3 Å². The van der Waals surface area contributed by atoms with Gasteiger partial charge in [0.05, 0.1) is 10.7 Å². The Morgan fingerprint density at radius 1 is 1.50 bits per heavy atom. The summed E-state index contributed by atoms with van der Waals surface area (Å²) in [5, 5.41) is 3.89. The van der Waals surface area contributed by atoms with E-state index < -0.39 is 0 Å². The van der Waals surface area contributed by atoms with E-state index in [9.17, 15) is 4.79 Å². The molecule has 1 aromatic carbocycles. The molecule has 0 aromatic heterocycles. The van der Waals surface area contributed by atoms with E-state index in [1.54, 1.807) is 18.2 Å². The number of nitrogens with one attached hydrogen (secondary N) is 1. The average molecular weight is 287 g/mol. The molecule has 1 saturated heterocycles. The van der Waals surface area contributed by atoms with Crippen LogP contribution in [-0.4, -0.2) is 30.4 Å². The van der Waals surface area contributed by atoms with Crippen molar-refractivity contribution in [3.63, 3.8) is 0 Å². The molecule has 0 bridgehead atoms. The van der Waals surface area contributed by atoms with Crippen molar-refractivity contribution in [1.29, 1.82) is 0 Å². The lowest BCUT2D eigenvalue weighted by Crippen LogP contribution is -2.29. The molecule has 98 valence electrons. The van der Waals surface area contributed by atoms with E-state index in [0.29, 0.717) is 28.2 Å². The summed E-state index contributed by atoms with van der Waals surface area (Å²) in [7, 11) is 2.05. The number of rotatable bonds is 3. The maximum Gasteiger partial charge on any atom is 0.225 e. The van der Waals surface area contributed by atoms with Crippen LogP contribution in [-0.2, 0) is 4.79 Å². The fourth-order valence-electron chi connectivity index (χ4n) is 2.25. The summed E-state index contributed by atoms with van der Waals surface area (Å²) in [4.78, 5) is 14.2. The van der Waals surface area contributed by atoms with Gasteiger partial charge < -0.3 is 10.2 Å². The van der Waals surface area contributed by atoms with Crippen LogP contribution in [0.15, 0.2) is 18.2 Å². The molecule has 3 nitrogen and oxygen atoms in total. The second-order valence-corrected chi connectivity index (χ2v) is 5.50. The Bertz CT molecular complexity index is 451. The maximum atomic E-state index is 11.9. The first kappa shape index (κ1) is 13.7. The summed E-state index contributed by atoms with van der Waals surface area (Å²) in [6.45, 7) is 1.07. The molecule has 1 aliphatic rings. The van der Waals surface area contributed by atoms with E-state index in [0.717, 1.165) is 19.4 Å². The van der Waals surface area contributed by atoms with Gasteiger partial charge in [-0.25, -0.2) is 0 Å². The number of benzene rings is 1. The van der Waals surface area contributed by atoms with Gasteiger partial charge in [-0.1, -0.05) is 23.2 Å². The molecule has 1 unspecified atom stereocenters. The number of halogens is 2. The van der Waals surface area contributed by atoms with Crippen molar-refractivity contribution in [2.24, 2.45) is 0 Å². The van der Waals surface area contributed by atoms with Crippen molar-refractivity contribution in [3.05, 3.63) is 28.2 Å². The van der Waals surface area contributed by atoms with E-state index >= 15 is 0 Å². The molecule has 1 fully saturated rings. The van der Waals surface area contributed by atoms with Crippen LogP contribution in [0.2, 0.25) is 10.0 Å². The smallest absolute Gasteiger partial charge is 0.225 e. The number of amides is 1. The zero-order valence-electron chi connectivity index (χ0n) is 10.2. The van der Waals surface area contributed by atoms with Crippen LogP contribution in [0.4, 0.5) is 5.69 Å². The Morgan fingerprint density at radius 3 is 2.94 bits per heavy atom. The molecule has 0 saturated carbocycles. The van der Waals surface area contributed by atoms with Gasteiger partial charge in [0, 0.05) is 17.5 Å². The van der Waals surface area contributed by atoms with Gasteiger partial charge >= 0.3 is 0 Å². The number of anilines is 1. The van der Waals surface area contributed by atoms with Crippen molar-refractivity contribution < 1.29 is 4.79 Å². The average Bonchev–Trinajstić information content (AvgIpc) is 2.70. The van der Waals surface area contributed by atoms with Crippen LogP contribution in [0.25, 0.3) is 0 Å². The molecule has 1 aliphatic heterocycles. The van der Waals surface area contributed by atoms with Crippen molar-refractivity contribution in [1.82, 2.24) is 4.90 Å². The zero-order chi connectivity index (χ0) is 13.1. The van der Waals surface area contributed by atoms with Crippen LogP contribution in [0.5, 0.6) is 0 Å². The van der Waals surface area contributed by atoms with Gasteiger partial charge in [0.2, 0.25) is 5.91 Å². The summed E-state index contributed by atoms with van der Waals surface area (Å²) < 4.78 is 0. The van der Waals surface area contributed by atoms with E-state index in [1.807, 2.05) is 0 Å². The molecule has 1 heterocycles. The number of carbonyl (C=O) groups excluding carboxylic acids is 1. The minimum Gasteiger partial charge on any atom is -0.325 e. The first-order valence-electron chi connectivity index (χ1n) is 6.01. The third-order valence-electron chi connectivity index (χ3n) is 3.30. The molecule has 1 N–H and O–H groups in total. The normalized spacial score (nSPS) is 20.1. The monoisotopic (exact) mass is 286 g/mol. The first-order valence-corrected chi connectivity index (χ1v) is 6.77. The topological polar surface area (TPSA) is 32.3 Å². The fraction of sp³-hybridized carbons (Fsp3) is 0.462. The summed E-state index contributed by atoms with van der Waals surface area (Å²) in [6, 6.07) is 5.38. The summed E-state index contributed by atoms with van der Waals surface area (Å²) in [6.07, 6.45) is 2.74. The predicted octanol–water partition coefficient (Wildman–Crippen LogP) is 3.42. The van der Waals surface area contributed by atoms with Crippen LogP contribution in [0.3, 0.4) is 0 Å². The maximum absolute atomic E-state index is 11.9. The Balaban J connectivity index is 1.96. The van der Waals surface area contributed by atoms with Gasteiger partial charge in [0.1, 0.15) is 0 Å². The second kappa shape index (κ2) is 5.91. The highest BCUT2D eigenvalue weighted by atomic mass is 35.5. The SMILES string of the molecule is CN1CCCC1CC(=O)Nc1cc(Cl)ccc1Cl. The summed E-state index contributed by atoms with van der Waals surface area (Å²) >= 11 is 11.9. The van der Waals surface area contributed by atoms with E-state index in [-0.39, 0.29) is 5.91 Å². The molecule has 2 rings (SSSR count). The Morgan fingerprint density at radius 2 is 2.28 bits per heavy atom. The van der Waals surface area contributed by atoms with Gasteiger partial charge in [0.25, 0.3) is 0 Å². The molecule has 1 aromatic rings. The molecule has 18 heavy (non-hydrogen) atoms. The van der Waals surface area contributed by atoms with Gasteiger partial charge in [-0.15, -0.1) is 0 Å². The molecular weight excluding hydrogens is 271 g/mol. The van der Waals surface area contributed by atoms with E-state index in [1.165, 1.54) is 0 Å². The molecule has 1 amide bonds. The van der Waals surface area contributed by atoms with Crippen LogP contribution < -0.4 is 5.32 Å². The van der Waals surface area contributed by atoms with Gasteiger partial charge in [0.15, 0.2) is 0 Å². The van der Waals surface area contributed by atoms with Crippen molar-refractivity contribution in [2.75, 3.05) is 18.9 Å². The lowest BCUT2D eigenvalue weighted by molar-refractivity contribution is -0.117. The zero-order valence-corrected chi connectivity index (χ0v) is 11.8. The molecule has 5 heteroatoms. The number of likely N-dealkylation sites (tertiary alicyclic amines) is 1. The highest BCUT2D eigenvalue weighted by molar-refractivity contribution is 6.35. The second-order valence-electron chi connectivity index (χ2n) is 4.65. The summed E-state index contributed by atoms with van der Waals surface area (Å²) in [5.41, 5.74) is 0.579. The number of nitrogens with zero attached hydrogens (tertiary/aromatic N) is 1. The quantitative estimate of drug-likeness (QED) is 0.924. The number of hydrogen-bond acceptors (Lipinski definition) is 2. The van der Waals surface area contributed by atoms with Gasteiger partial charge in [-0.2, -0.15) is 0 Å². The third kappa shape index (κ3) is 3.37. The molecule has 0 spiro atoms. The minimum atomic E-state index is -0.0158. The fourth-order valence-corrected chi connectivity index (χ4v) is 2.58. The third-order valence-corrected chi connectivity index (χ3v) is 3.86. The Kier molecular flexibility index (Phi) is 4.49. The summed E-state index contributed by atoms with van der Waals surface area (Å²) in [5.74, 6) is -0.0158.